The minimum atomic E-state index is -0.594. The number of anilines is 1. The van der Waals surface area contributed by atoms with E-state index in [-0.39, 0.29) is 18.4 Å². The SMILES string of the molecule is C=CC(=O)Nc1ccc(C(=O)NC(CO)c2ccccc2OC)cc1. The zero-order valence-corrected chi connectivity index (χ0v) is 13.9. The molecule has 0 fully saturated rings. The highest BCUT2D eigenvalue weighted by molar-refractivity contribution is 5.99. The third-order valence-electron chi connectivity index (χ3n) is 3.60. The molecule has 2 aromatic rings. The van der Waals surface area contributed by atoms with E-state index in [1.807, 2.05) is 12.1 Å². The van der Waals surface area contributed by atoms with Gasteiger partial charge in [-0.1, -0.05) is 24.8 Å². The first-order chi connectivity index (χ1) is 12.1. The molecule has 0 spiro atoms. The van der Waals surface area contributed by atoms with Gasteiger partial charge in [0.25, 0.3) is 5.91 Å². The summed E-state index contributed by atoms with van der Waals surface area (Å²) in [6, 6.07) is 13.0. The minimum absolute atomic E-state index is 0.264. The molecule has 0 saturated heterocycles. The number of carbonyl (C=O) groups excluding carboxylic acids is 2. The lowest BCUT2D eigenvalue weighted by Crippen LogP contribution is -2.31. The molecule has 0 saturated carbocycles. The van der Waals surface area contributed by atoms with Crippen molar-refractivity contribution >= 4 is 17.5 Å². The third kappa shape index (κ3) is 4.68. The second kappa shape index (κ2) is 8.65. The van der Waals surface area contributed by atoms with Crippen LogP contribution in [0.3, 0.4) is 0 Å². The molecule has 0 radical (unpaired) electrons. The largest absolute Gasteiger partial charge is 0.496 e. The van der Waals surface area contributed by atoms with Crippen LogP contribution in [-0.2, 0) is 4.79 Å². The van der Waals surface area contributed by atoms with Crippen LogP contribution in [0.2, 0.25) is 0 Å². The Morgan fingerprint density at radius 1 is 1.20 bits per heavy atom. The molecule has 2 rings (SSSR count). The van der Waals surface area contributed by atoms with E-state index in [2.05, 4.69) is 17.2 Å². The molecule has 6 nitrogen and oxygen atoms in total. The quantitative estimate of drug-likeness (QED) is 0.675. The van der Waals surface area contributed by atoms with E-state index >= 15 is 0 Å². The van der Waals surface area contributed by atoms with Crippen LogP contribution in [-0.4, -0.2) is 30.6 Å². The predicted octanol–water partition coefficient (Wildman–Crippen LogP) is 2.28. The summed E-state index contributed by atoms with van der Waals surface area (Å²) in [5, 5.41) is 15.0. The molecule has 0 aliphatic heterocycles. The maximum Gasteiger partial charge on any atom is 0.251 e. The van der Waals surface area contributed by atoms with E-state index in [1.165, 1.54) is 13.2 Å². The lowest BCUT2D eigenvalue weighted by Gasteiger charge is -2.19. The Hall–Kier alpha value is -3.12. The smallest absolute Gasteiger partial charge is 0.251 e. The number of carbonyl (C=O) groups is 2. The number of hydrogen-bond donors (Lipinski definition) is 3. The molecule has 1 unspecified atom stereocenters. The van der Waals surface area contributed by atoms with Crippen molar-refractivity contribution < 1.29 is 19.4 Å². The molecule has 0 aromatic heterocycles. The highest BCUT2D eigenvalue weighted by Crippen LogP contribution is 2.24. The maximum absolute atomic E-state index is 12.4. The van der Waals surface area contributed by atoms with E-state index in [0.29, 0.717) is 22.6 Å². The fourth-order valence-corrected chi connectivity index (χ4v) is 2.32. The van der Waals surface area contributed by atoms with Crippen LogP contribution in [0.15, 0.2) is 61.2 Å². The summed E-state index contributed by atoms with van der Waals surface area (Å²) in [5.74, 6) is -0.0791. The van der Waals surface area contributed by atoms with Gasteiger partial charge in [-0.15, -0.1) is 0 Å². The lowest BCUT2D eigenvalue weighted by atomic mass is 10.1. The Bertz CT molecular complexity index is 756. The van der Waals surface area contributed by atoms with Gasteiger partial charge in [0.15, 0.2) is 0 Å². The first-order valence-corrected chi connectivity index (χ1v) is 7.67. The number of nitrogens with one attached hydrogen (secondary N) is 2. The highest BCUT2D eigenvalue weighted by Gasteiger charge is 2.18. The standard InChI is InChI=1S/C19H20N2O4/c1-3-18(23)20-14-10-8-13(9-11-14)19(24)21-16(12-22)15-6-4-5-7-17(15)25-2/h3-11,16,22H,1,12H2,2H3,(H,20,23)(H,21,24). The first-order valence-electron chi connectivity index (χ1n) is 7.67. The van der Waals surface area contributed by atoms with Gasteiger partial charge in [0.2, 0.25) is 5.91 Å². The number of ether oxygens (including phenoxy) is 1. The zero-order valence-electron chi connectivity index (χ0n) is 13.9. The van der Waals surface area contributed by atoms with Crippen LogP contribution >= 0.6 is 0 Å². The van der Waals surface area contributed by atoms with Crippen molar-refractivity contribution in [1.29, 1.82) is 0 Å². The van der Waals surface area contributed by atoms with Gasteiger partial charge < -0.3 is 20.5 Å². The Morgan fingerprint density at radius 3 is 2.48 bits per heavy atom. The fourth-order valence-electron chi connectivity index (χ4n) is 2.32. The normalized spacial score (nSPS) is 11.3. The molecule has 2 amide bonds. The molecule has 0 aliphatic rings. The summed E-state index contributed by atoms with van der Waals surface area (Å²) in [7, 11) is 1.53. The zero-order chi connectivity index (χ0) is 18.2. The summed E-state index contributed by atoms with van der Waals surface area (Å²) < 4.78 is 5.27. The molecule has 0 bridgehead atoms. The number of aliphatic hydroxyl groups is 1. The van der Waals surface area contributed by atoms with E-state index < -0.39 is 6.04 Å². The summed E-state index contributed by atoms with van der Waals surface area (Å²) in [6.45, 7) is 3.11. The second-order valence-electron chi connectivity index (χ2n) is 5.22. The maximum atomic E-state index is 12.4. The van der Waals surface area contributed by atoms with Crippen LogP contribution in [0.25, 0.3) is 0 Å². The van der Waals surface area contributed by atoms with Crippen LogP contribution in [0, 0.1) is 0 Å². The molecule has 1 atom stereocenters. The van der Waals surface area contributed by atoms with Gasteiger partial charge in [-0.05, 0) is 36.4 Å². The topological polar surface area (TPSA) is 87.7 Å². The van der Waals surface area contributed by atoms with Crippen molar-refractivity contribution in [2.75, 3.05) is 19.0 Å². The van der Waals surface area contributed by atoms with Gasteiger partial charge in [0, 0.05) is 16.8 Å². The second-order valence-corrected chi connectivity index (χ2v) is 5.22. The molecule has 6 heteroatoms. The van der Waals surface area contributed by atoms with Crippen LogP contribution < -0.4 is 15.4 Å². The summed E-state index contributed by atoms with van der Waals surface area (Å²) in [5.41, 5.74) is 1.66. The molecule has 3 N–H and O–H groups in total. The Balaban J connectivity index is 2.11. The third-order valence-corrected chi connectivity index (χ3v) is 3.60. The molecule has 2 aromatic carbocycles. The Morgan fingerprint density at radius 2 is 1.88 bits per heavy atom. The number of rotatable bonds is 7. The summed E-state index contributed by atoms with van der Waals surface area (Å²) in [4.78, 5) is 23.7. The van der Waals surface area contributed by atoms with E-state index in [0.717, 1.165) is 0 Å². The first kappa shape index (κ1) is 18.2. The fraction of sp³-hybridized carbons (Fsp3) is 0.158. The van der Waals surface area contributed by atoms with E-state index in [9.17, 15) is 14.7 Å². The van der Waals surface area contributed by atoms with Gasteiger partial charge in [0.05, 0.1) is 19.8 Å². The van der Waals surface area contributed by atoms with E-state index in [4.69, 9.17) is 4.74 Å². The summed E-state index contributed by atoms with van der Waals surface area (Å²) in [6.07, 6.45) is 1.17. The van der Waals surface area contributed by atoms with Gasteiger partial charge in [0.1, 0.15) is 5.75 Å². The molecular formula is C19H20N2O4. The lowest BCUT2D eigenvalue weighted by molar-refractivity contribution is -0.111. The molecule has 0 heterocycles. The molecule has 0 aliphatic carbocycles. The number of aliphatic hydroxyl groups excluding tert-OH is 1. The van der Waals surface area contributed by atoms with Crippen LogP contribution in [0.1, 0.15) is 22.0 Å². The Labute approximate surface area is 146 Å². The minimum Gasteiger partial charge on any atom is -0.496 e. The average molecular weight is 340 g/mol. The van der Waals surface area contributed by atoms with Gasteiger partial charge in [-0.25, -0.2) is 0 Å². The van der Waals surface area contributed by atoms with Crippen molar-refractivity contribution in [3.05, 3.63) is 72.3 Å². The van der Waals surface area contributed by atoms with Crippen LogP contribution in [0.4, 0.5) is 5.69 Å². The van der Waals surface area contributed by atoms with Crippen molar-refractivity contribution in [1.82, 2.24) is 5.32 Å². The number of methoxy groups -OCH3 is 1. The van der Waals surface area contributed by atoms with Crippen molar-refractivity contribution in [3.63, 3.8) is 0 Å². The van der Waals surface area contributed by atoms with Gasteiger partial charge >= 0.3 is 0 Å². The van der Waals surface area contributed by atoms with E-state index in [1.54, 1.807) is 36.4 Å². The van der Waals surface area contributed by atoms with Crippen LogP contribution in [0.5, 0.6) is 5.75 Å². The number of para-hydroxylation sites is 1. The highest BCUT2D eigenvalue weighted by atomic mass is 16.5. The van der Waals surface area contributed by atoms with Gasteiger partial charge in [-0.2, -0.15) is 0 Å². The molecule has 25 heavy (non-hydrogen) atoms. The van der Waals surface area contributed by atoms with Crippen molar-refractivity contribution in [3.8, 4) is 5.75 Å². The number of amides is 2. The average Bonchev–Trinajstić information content (AvgIpc) is 2.66. The van der Waals surface area contributed by atoms with Gasteiger partial charge in [-0.3, -0.25) is 9.59 Å². The molecular weight excluding hydrogens is 320 g/mol. The van der Waals surface area contributed by atoms with Crippen molar-refractivity contribution in [2.45, 2.75) is 6.04 Å². The Kier molecular flexibility index (Phi) is 6.31. The monoisotopic (exact) mass is 340 g/mol. The molecule has 130 valence electrons. The van der Waals surface area contributed by atoms with Crippen molar-refractivity contribution in [2.24, 2.45) is 0 Å². The number of benzene rings is 2. The number of hydrogen-bond acceptors (Lipinski definition) is 4. The predicted molar refractivity (Wildman–Crippen MR) is 95.6 cm³/mol. The summed E-state index contributed by atoms with van der Waals surface area (Å²) >= 11 is 0.